The van der Waals surface area contributed by atoms with E-state index in [-0.39, 0.29) is 5.82 Å². The Hall–Kier alpha value is -1.68. The van der Waals surface area contributed by atoms with Crippen molar-refractivity contribution >= 4 is 0 Å². The van der Waals surface area contributed by atoms with E-state index in [9.17, 15) is 4.39 Å². The summed E-state index contributed by atoms with van der Waals surface area (Å²) in [6.45, 7) is 9.65. The van der Waals surface area contributed by atoms with Crippen LogP contribution in [-0.2, 0) is 13.1 Å². The molecule has 2 rings (SSSR count). The smallest absolute Gasteiger partial charge is 0.123 e. The quantitative estimate of drug-likeness (QED) is 0.908. The van der Waals surface area contributed by atoms with Crippen LogP contribution in [0.25, 0.3) is 0 Å². The summed E-state index contributed by atoms with van der Waals surface area (Å²) < 4.78 is 15.2. The van der Waals surface area contributed by atoms with Crippen molar-refractivity contribution in [3.8, 4) is 0 Å². The lowest BCUT2D eigenvalue weighted by atomic mass is 10.1. The lowest BCUT2D eigenvalue weighted by molar-refractivity contribution is 0.587. The Morgan fingerprint density at radius 1 is 1.25 bits per heavy atom. The van der Waals surface area contributed by atoms with Crippen LogP contribution >= 0.6 is 0 Å². The number of aryl methyl sites for hydroxylation is 2. The van der Waals surface area contributed by atoms with Crippen LogP contribution in [0.5, 0.6) is 0 Å². The van der Waals surface area contributed by atoms with Crippen LogP contribution < -0.4 is 5.32 Å². The van der Waals surface area contributed by atoms with E-state index in [0.29, 0.717) is 12.6 Å². The predicted octanol–water partition coefficient (Wildman–Crippen LogP) is 3.19. The minimum Gasteiger partial charge on any atom is -0.310 e. The zero-order valence-electron chi connectivity index (χ0n) is 12.6. The van der Waals surface area contributed by atoms with Gasteiger partial charge in [-0.05, 0) is 37.1 Å². The molecular formula is C16H22FN3. The Morgan fingerprint density at radius 2 is 2.00 bits per heavy atom. The lowest BCUT2D eigenvalue weighted by Gasteiger charge is -2.07. The average Bonchev–Trinajstić information content (AvgIpc) is 2.72. The van der Waals surface area contributed by atoms with E-state index in [0.717, 1.165) is 23.4 Å². The van der Waals surface area contributed by atoms with Crippen LogP contribution in [-0.4, -0.2) is 15.8 Å². The van der Waals surface area contributed by atoms with Gasteiger partial charge in [-0.25, -0.2) is 4.39 Å². The third kappa shape index (κ3) is 3.67. The summed E-state index contributed by atoms with van der Waals surface area (Å²) in [5.74, 6) is -0.198. The Morgan fingerprint density at radius 3 is 2.70 bits per heavy atom. The second kappa shape index (κ2) is 6.18. The fraction of sp³-hybridized carbons (Fsp3) is 0.438. The summed E-state index contributed by atoms with van der Waals surface area (Å²) in [6.07, 6.45) is 2.04. The molecule has 0 saturated carbocycles. The molecule has 0 aliphatic rings. The molecule has 0 saturated heterocycles. The monoisotopic (exact) mass is 275 g/mol. The molecule has 0 aliphatic carbocycles. The second-order valence-electron chi connectivity index (χ2n) is 5.54. The molecule has 1 heterocycles. The Balaban J connectivity index is 2.14. The number of hydrogen-bond acceptors (Lipinski definition) is 2. The number of benzene rings is 1. The van der Waals surface area contributed by atoms with Gasteiger partial charge >= 0.3 is 0 Å². The first-order valence-electron chi connectivity index (χ1n) is 6.97. The zero-order valence-corrected chi connectivity index (χ0v) is 12.6. The first-order chi connectivity index (χ1) is 9.45. The average molecular weight is 275 g/mol. The SMILES string of the molecule is Cc1ccc(F)cc1Cn1cc(CNC(C)C)c(C)n1. The van der Waals surface area contributed by atoms with Crippen molar-refractivity contribution in [1.29, 1.82) is 0 Å². The van der Waals surface area contributed by atoms with Gasteiger partial charge in [0.25, 0.3) is 0 Å². The highest BCUT2D eigenvalue weighted by Gasteiger charge is 2.07. The molecule has 4 heteroatoms. The van der Waals surface area contributed by atoms with E-state index < -0.39 is 0 Å². The van der Waals surface area contributed by atoms with Gasteiger partial charge in [-0.3, -0.25) is 4.68 Å². The van der Waals surface area contributed by atoms with Gasteiger partial charge in [0.15, 0.2) is 0 Å². The highest BCUT2D eigenvalue weighted by atomic mass is 19.1. The second-order valence-corrected chi connectivity index (χ2v) is 5.54. The van der Waals surface area contributed by atoms with Crippen LogP contribution in [0.2, 0.25) is 0 Å². The summed E-state index contributed by atoms with van der Waals surface area (Å²) >= 11 is 0. The number of nitrogens with one attached hydrogen (secondary N) is 1. The van der Waals surface area contributed by atoms with Crippen LogP contribution in [0, 0.1) is 19.7 Å². The molecule has 0 unspecified atom stereocenters. The molecule has 0 spiro atoms. The zero-order chi connectivity index (χ0) is 14.7. The van der Waals surface area contributed by atoms with Crippen molar-refractivity contribution in [2.75, 3.05) is 0 Å². The molecule has 0 bridgehead atoms. The van der Waals surface area contributed by atoms with Crippen molar-refractivity contribution in [2.45, 2.75) is 46.8 Å². The first kappa shape index (κ1) is 14.7. The molecule has 0 amide bonds. The first-order valence-corrected chi connectivity index (χ1v) is 6.97. The van der Waals surface area contributed by atoms with Crippen molar-refractivity contribution < 1.29 is 4.39 Å². The third-order valence-corrected chi connectivity index (χ3v) is 3.39. The van der Waals surface area contributed by atoms with Gasteiger partial charge < -0.3 is 5.32 Å². The number of rotatable bonds is 5. The fourth-order valence-corrected chi connectivity index (χ4v) is 2.11. The summed E-state index contributed by atoms with van der Waals surface area (Å²) in [6, 6.07) is 5.33. The number of nitrogens with zero attached hydrogens (tertiary/aromatic N) is 2. The van der Waals surface area contributed by atoms with Gasteiger partial charge in [0.1, 0.15) is 5.82 Å². The molecule has 2 aromatic rings. The summed E-state index contributed by atoms with van der Waals surface area (Å²) in [7, 11) is 0. The van der Waals surface area contributed by atoms with E-state index in [1.807, 2.05) is 30.8 Å². The predicted molar refractivity (Wildman–Crippen MR) is 79.2 cm³/mol. The maximum absolute atomic E-state index is 13.3. The summed E-state index contributed by atoms with van der Waals surface area (Å²) in [5.41, 5.74) is 4.26. The molecule has 0 aliphatic heterocycles. The van der Waals surface area contributed by atoms with Gasteiger partial charge in [0, 0.05) is 24.3 Å². The van der Waals surface area contributed by atoms with E-state index in [1.165, 1.54) is 11.6 Å². The number of aromatic nitrogens is 2. The minimum atomic E-state index is -0.198. The molecular weight excluding hydrogens is 253 g/mol. The molecule has 0 fully saturated rings. The molecule has 3 nitrogen and oxygen atoms in total. The Bertz CT molecular complexity index is 587. The van der Waals surface area contributed by atoms with Gasteiger partial charge in [-0.2, -0.15) is 5.10 Å². The molecule has 0 atom stereocenters. The van der Waals surface area contributed by atoms with Crippen LogP contribution in [0.4, 0.5) is 4.39 Å². The highest BCUT2D eigenvalue weighted by molar-refractivity contribution is 5.27. The van der Waals surface area contributed by atoms with Gasteiger partial charge in [-0.15, -0.1) is 0 Å². The van der Waals surface area contributed by atoms with Gasteiger partial charge in [0.2, 0.25) is 0 Å². The van der Waals surface area contributed by atoms with Crippen LogP contribution in [0.1, 0.15) is 36.2 Å². The van der Waals surface area contributed by atoms with Crippen molar-refractivity contribution in [3.63, 3.8) is 0 Å². The molecule has 20 heavy (non-hydrogen) atoms. The molecule has 1 aromatic carbocycles. The largest absolute Gasteiger partial charge is 0.310 e. The Kier molecular flexibility index (Phi) is 4.55. The molecule has 108 valence electrons. The molecule has 1 aromatic heterocycles. The maximum Gasteiger partial charge on any atom is 0.123 e. The van der Waals surface area contributed by atoms with E-state index in [2.05, 4.69) is 24.3 Å². The standard InChI is InChI=1S/C16H22FN3/c1-11(2)18-8-15-10-20(19-13(15)4)9-14-7-16(17)6-5-12(14)3/h5-7,10-11,18H,8-9H2,1-4H3. The summed E-state index contributed by atoms with van der Waals surface area (Å²) in [5, 5.41) is 7.90. The van der Waals surface area contributed by atoms with E-state index in [4.69, 9.17) is 0 Å². The number of halogens is 1. The van der Waals surface area contributed by atoms with E-state index in [1.54, 1.807) is 6.07 Å². The molecule has 0 radical (unpaired) electrons. The van der Waals surface area contributed by atoms with Gasteiger partial charge in [0.05, 0.1) is 12.2 Å². The minimum absolute atomic E-state index is 0.198. The van der Waals surface area contributed by atoms with Crippen LogP contribution in [0.3, 0.4) is 0 Å². The lowest BCUT2D eigenvalue weighted by Crippen LogP contribution is -2.21. The van der Waals surface area contributed by atoms with Crippen LogP contribution in [0.15, 0.2) is 24.4 Å². The third-order valence-electron chi connectivity index (χ3n) is 3.39. The highest BCUT2D eigenvalue weighted by Crippen LogP contribution is 2.13. The number of hydrogen-bond donors (Lipinski definition) is 1. The van der Waals surface area contributed by atoms with Crippen molar-refractivity contribution in [1.82, 2.24) is 15.1 Å². The normalized spacial score (nSPS) is 11.3. The maximum atomic E-state index is 13.3. The van der Waals surface area contributed by atoms with Crippen molar-refractivity contribution in [3.05, 3.63) is 52.6 Å². The summed E-state index contributed by atoms with van der Waals surface area (Å²) in [4.78, 5) is 0. The van der Waals surface area contributed by atoms with E-state index >= 15 is 0 Å². The Labute approximate surface area is 119 Å². The topological polar surface area (TPSA) is 29.9 Å². The fourth-order valence-electron chi connectivity index (χ4n) is 2.11. The molecule has 1 N–H and O–H groups in total. The van der Waals surface area contributed by atoms with Crippen molar-refractivity contribution in [2.24, 2.45) is 0 Å². The van der Waals surface area contributed by atoms with Gasteiger partial charge in [-0.1, -0.05) is 19.9 Å².